The number of nitrogen functional groups attached to an aromatic ring is 1. The van der Waals surface area contributed by atoms with Crippen LogP contribution in [0.3, 0.4) is 0 Å². The number of aliphatic hydroxyl groups excluding tert-OH is 1. The van der Waals surface area contributed by atoms with Gasteiger partial charge in [0.25, 0.3) is 0 Å². The Bertz CT molecular complexity index is 570. The number of rotatable bonds is 6. The van der Waals surface area contributed by atoms with Gasteiger partial charge < -0.3 is 16.3 Å². The number of hydrazine groups is 1. The molecule has 0 aliphatic rings. The van der Waals surface area contributed by atoms with E-state index in [1.807, 2.05) is 0 Å². The van der Waals surface area contributed by atoms with Crippen LogP contribution in [0.1, 0.15) is 22.8 Å². The third-order valence-corrected chi connectivity index (χ3v) is 2.74. The van der Waals surface area contributed by atoms with Gasteiger partial charge in [0.05, 0.1) is 11.4 Å². The molecule has 6 N–H and O–H groups in total. The number of amides is 1. The van der Waals surface area contributed by atoms with Crippen LogP contribution in [0, 0.1) is 0 Å². The lowest BCUT2D eigenvalue weighted by Crippen LogP contribution is -2.14. The molecule has 1 aromatic rings. The second-order valence-electron chi connectivity index (χ2n) is 4.31. The lowest BCUT2D eigenvalue weighted by atomic mass is 10.00. The maximum absolute atomic E-state index is 11.2. The maximum Gasteiger partial charge on any atom is 0.248 e. The Morgan fingerprint density at radius 3 is 2.65 bits per heavy atom. The van der Waals surface area contributed by atoms with Crippen LogP contribution in [-0.2, 0) is 6.42 Å². The van der Waals surface area contributed by atoms with Gasteiger partial charge in [-0.2, -0.15) is 0 Å². The van der Waals surface area contributed by atoms with Crippen LogP contribution in [0.5, 0.6) is 0 Å². The van der Waals surface area contributed by atoms with E-state index >= 15 is 0 Å². The van der Waals surface area contributed by atoms with Crippen molar-refractivity contribution < 1.29 is 9.90 Å². The number of hydrogen-bond donors (Lipinski definition) is 4. The summed E-state index contributed by atoms with van der Waals surface area (Å²) >= 11 is 0. The number of anilines is 1. The smallest absolute Gasteiger partial charge is 0.248 e. The van der Waals surface area contributed by atoms with Gasteiger partial charge >= 0.3 is 0 Å². The van der Waals surface area contributed by atoms with Crippen molar-refractivity contribution in [2.45, 2.75) is 13.3 Å². The van der Waals surface area contributed by atoms with Gasteiger partial charge in [0.2, 0.25) is 5.91 Å². The minimum Gasteiger partial charge on any atom is -0.513 e. The lowest BCUT2D eigenvalue weighted by molar-refractivity contribution is 0.1000. The van der Waals surface area contributed by atoms with Crippen LogP contribution in [-0.4, -0.2) is 11.0 Å². The highest BCUT2D eigenvalue weighted by Crippen LogP contribution is 2.20. The summed E-state index contributed by atoms with van der Waals surface area (Å²) in [6.07, 6.45) is 5.51. The Kier molecular flexibility index (Phi) is 5.56. The molecule has 0 radical (unpaired) electrons. The molecule has 0 heterocycles. The van der Waals surface area contributed by atoms with E-state index in [0.717, 1.165) is 11.1 Å². The van der Waals surface area contributed by atoms with Crippen LogP contribution < -0.4 is 17.0 Å². The predicted octanol–water partition coefficient (Wildman–Crippen LogP) is 2.19. The molecule has 0 aromatic heterocycles. The highest BCUT2D eigenvalue weighted by Gasteiger charge is 2.07. The van der Waals surface area contributed by atoms with Gasteiger partial charge in [-0.25, -0.2) is 0 Å². The zero-order valence-electron chi connectivity index (χ0n) is 11.4. The van der Waals surface area contributed by atoms with Crippen molar-refractivity contribution in [3.05, 3.63) is 65.5 Å². The van der Waals surface area contributed by atoms with E-state index in [-0.39, 0.29) is 5.76 Å². The van der Waals surface area contributed by atoms with E-state index in [4.69, 9.17) is 16.7 Å². The number of benzene rings is 1. The van der Waals surface area contributed by atoms with E-state index in [1.54, 1.807) is 43.4 Å². The average Bonchev–Trinajstić information content (AvgIpc) is 2.42. The quantitative estimate of drug-likeness (QED) is 0.276. The molecule has 0 atom stereocenters. The summed E-state index contributed by atoms with van der Waals surface area (Å²) in [5.41, 5.74) is 10.7. The van der Waals surface area contributed by atoms with Crippen LogP contribution in [0.25, 0.3) is 0 Å². The van der Waals surface area contributed by atoms with Crippen molar-refractivity contribution in [1.82, 2.24) is 0 Å². The third-order valence-electron chi connectivity index (χ3n) is 2.74. The molecule has 1 rings (SSSR count). The molecule has 0 aliphatic heterocycles. The van der Waals surface area contributed by atoms with Crippen LogP contribution in [0.2, 0.25) is 0 Å². The van der Waals surface area contributed by atoms with E-state index in [9.17, 15) is 4.79 Å². The molecule has 1 aromatic carbocycles. The van der Waals surface area contributed by atoms with Crippen LogP contribution in [0.15, 0.2) is 54.3 Å². The summed E-state index contributed by atoms with van der Waals surface area (Å²) in [7, 11) is 0. The molecule has 0 unspecified atom stereocenters. The lowest BCUT2D eigenvalue weighted by Gasteiger charge is -2.10. The van der Waals surface area contributed by atoms with Gasteiger partial charge in [-0.05, 0) is 48.8 Å². The number of aliphatic hydroxyl groups is 1. The molecule has 0 bridgehead atoms. The fraction of sp³-hybridized carbons (Fsp3) is 0.133. The summed E-state index contributed by atoms with van der Waals surface area (Å²) in [5.74, 6) is 5.16. The van der Waals surface area contributed by atoms with E-state index < -0.39 is 5.91 Å². The minimum atomic E-state index is -0.495. The summed E-state index contributed by atoms with van der Waals surface area (Å²) in [5, 5.41) is 9.17. The average molecular weight is 273 g/mol. The number of nitrogens with one attached hydrogen (secondary N) is 1. The highest BCUT2D eigenvalue weighted by atomic mass is 16.3. The molecule has 1 amide bonds. The van der Waals surface area contributed by atoms with Gasteiger partial charge in [-0.3, -0.25) is 10.6 Å². The Balaban J connectivity index is 3.13. The second kappa shape index (κ2) is 7.16. The van der Waals surface area contributed by atoms with Crippen molar-refractivity contribution in [2.24, 2.45) is 11.6 Å². The van der Waals surface area contributed by atoms with Crippen LogP contribution >= 0.6 is 0 Å². The highest BCUT2D eigenvalue weighted by molar-refractivity contribution is 5.93. The van der Waals surface area contributed by atoms with E-state index in [2.05, 4.69) is 12.0 Å². The predicted molar refractivity (Wildman–Crippen MR) is 81.1 cm³/mol. The molecule has 106 valence electrons. The molecule has 5 nitrogen and oxygen atoms in total. The zero-order chi connectivity index (χ0) is 15.1. The Morgan fingerprint density at radius 2 is 2.15 bits per heavy atom. The zero-order valence-corrected chi connectivity index (χ0v) is 11.4. The van der Waals surface area contributed by atoms with Crippen molar-refractivity contribution >= 4 is 11.6 Å². The SMILES string of the molecule is C=C/C(=C\C=C(/C)O)Cc1cc(C(N)=O)ccc1NN. The van der Waals surface area contributed by atoms with Crippen molar-refractivity contribution in [1.29, 1.82) is 0 Å². The molecule has 0 spiro atoms. The number of allylic oxidation sites excluding steroid dienone is 5. The van der Waals surface area contributed by atoms with Gasteiger partial charge in [0.15, 0.2) is 0 Å². The molecule has 0 saturated carbocycles. The largest absolute Gasteiger partial charge is 0.513 e. The van der Waals surface area contributed by atoms with E-state index in [1.165, 1.54) is 0 Å². The fourth-order valence-corrected chi connectivity index (χ4v) is 1.68. The van der Waals surface area contributed by atoms with Gasteiger partial charge in [-0.15, -0.1) is 0 Å². The molecular formula is C15H19N3O2. The second-order valence-corrected chi connectivity index (χ2v) is 4.31. The standard InChI is InChI=1S/C15H19N3O2/c1-3-11(5-4-10(2)19)8-13-9-12(15(16)20)6-7-14(13)18-17/h3-7,9,18-19H,1,8,17H2,2H3,(H2,16,20)/b10-4+,11-5+. The molecule has 5 heteroatoms. The Hall–Kier alpha value is -2.53. The molecular weight excluding hydrogens is 254 g/mol. The Morgan fingerprint density at radius 1 is 1.45 bits per heavy atom. The summed E-state index contributed by atoms with van der Waals surface area (Å²) in [6, 6.07) is 4.99. The van der Waals surface area contributed by atoms with Crippen molar-refractivity contribution in [2.75, 3.05) is 5.43 Å². The molecule has 0 aliphatic carbocycles. The number of carbonyl (C=O) groups excluding carboxylic acids is 1. The number of primary amides is 1. The van der Waals surface area contributed by atoms with Crippen molar-refractivity contribution in [3.8, 4) is 0 Å². The first-order valence-corrected chi connectivity index (χ1v) is 6.06. The number of nitrogens with two attached hydrogens (primary N) is 2. The summed E-state index contributed by atoms with van der Waals surface area (Å²) in [4.78, 5) is 11.2. The minimum absolute atomic E-state index is 0.201. The van der Waals surface area contributed by atoms with Gasteiger partial charge in [-0.1, -0.05) is 18.7 Å². The normalized spacial score (nSPS) is 12.1. The Labute approximate surface area is 118 Å². The number of hydrogen-bond acceptors (Lipinski definition) is 4. The van der Waals surface area contributed by atoms with E-state index in [0.29, 0.717) is 17.7 Å². The molecule has 20 heavy (non-hydrogen) atoms. The summed E-state index contributed by atoms with van der Waals surface area (Å²) < 4.78 is 0. The monoisotopic (exact) mass is 273 g/mol. The van der Waals surface area contributed by atoms with Gasteiger partial charge in [0, 0.05) is 5.56 Å². The first-order chi connectivity index (χ1) is 9.47. The first kappa shape index (κ1) is 15.5. The first-order valence-electron chi connectivity index (χ1n) is 6.06. The molecule has 0 fully saturated rings. The number of carbonyl (C=O) groups is 1. The van der Waals surface area contributed by atoms with Gasteiger partial charge in [0.1, 0.15) is 0 Å². The maximum atomic E-state index is 11.2. The fourth-order valence-electron chi connectivity index (χ4n) is 1.68. The van der Waals surface area contributed by atoms with Crippen molar-refractivity contribution in [3.63, 3.8) is 0 Å². The summed E-state index contributed by atoms with van der Waals surface area (Å²) in [6.45, 7) is 5.31. The molecule has 0 saturated heterocycles. The third kappa shape index (κ3) is 4.29. The topological polar surface area (TPSA) is 101 Å². The van der Waals surface area contributed by atoms with Crippen LogP contribution in [0.4, 0.5) is 5.69 Å².